The molecule has 0 amide bonds. The van der Waals surface area contributed by atoms with Gasteiger partial charge in [-0.15, -0.1) is 11.8 Å². The number of nitrogens with one attached hydrogen (secondary N) is 3. The third-order valence-electron chi connectivity index (χ3n) is 3.06. The van der Waals surface area contributed by atoms with E-state index in [0.717, 1.165) is 24.8 Å². The van der Waals surface area contributed by atoms with E-state index >= 15 is 0 Å². The van der Waals surface area contributed by atoms with Crippen molar-refractivity contribution in [2.45, 2.75) is 25.2 Å². The van der Waals surface area contributed by atoms with Crippen LogP contribution in [0.2, 0.25) is 0 Å². The van der Waals surface area contributed by atoms with E-state index in [1.807, 2.05) is 25.1 Å². The monoisotopic (exact) mass is 372 g/mol. The van der Waals surface area contributed by atoms with Crippen LogP contribution in [0.25, 0.3) is 0 Å². The Kier molecular flexibility index (Phi) is 10.5. The maximum absolute atomic E-state index is 11.3. The van der Waals surface area contributed by atoms with E-state index in [9.17, 15) is 8.42 Å². The second-order valence-corrected chi connectivity index (χ2v) is 8.26. The SMILES string of the molecule is CCNC(=NCCCNS(=O)(=O)CC)NCCSc1ccccc1. The Hall–Kier alpha value is -1.25. The quantitative estimate of drug-likeness (QED) is 0.238. The smallest absolute Gasteiger partial charge is 0.211 e. The molecule has 3 N–H and O–H groups in total. The number of benzene rings is 1. The fraction of sp³-hybridized carbons (Fsp3) is 0.562. The van der Waals surface area contributed by atoms with E-state index in [1.165, 1.54) is 4.90 Å². The predicted molar refractivity (Wildman–Crippen MR) is 103 cm³/mol. The summed E-state index contributed by atoms with van der Waals surface area (Å²) < 4.78 is 25.2. The first kappa shape index (κ1) is 20.8. The summed E-state index contributed by atoms with van der Waals surface area (Å²) in [4.78, 5) is 5.71. The maximum Gasteiger partial charge on any atom is 0.211 e. The summed E-state index contributed by atoms with van der Waals surface area (Å²) in [5, 5.41) is 6.48. The highest BCUT2D eigenvalue weighted by atomic mass is 32.2. The first-order valence-corrected chi connectivity index (χ1v) is 10.9. The summed E-state index contributed by atoms with van der Waals surface area (Å²) in [5.74, 6) is 1.83. The number of sulfonamides is 1. The molecule has 0 bridgehead atoms. The average molecular weight is 373 g/mol. The van der Waals surface area contributed by atoms with Crippen molar-refractivity contribution in [2.24, 2.45) is 4.99 Å². The van der Waals surface area contributed by atoms with Crippen molar-refractivity contribution < 1.29 is 8.42 Å². The lowest BCUT2D eigenvalue weighted by atomic mass is 10.4. The molecule has 0 heterocycles. The summed E-state index contributed by atoms with van der Waals surface area (Å²) in [7, 11) is -3.11. The largest absolute Gasteiger partial charge is 0.357 e. The Morgan fingerprint density at radius 2 is 1.88 bits per heavy atom. The fourth-order valence-electron chi connectivity index (χ4n) is 1.80. The topological polar surface area (TPSA) is 82.6 Å². The molecule has 0 aromatic heterocycles. The molecule has 0 radical (unpaired) electrons. The summed E-state index contributed by atoms with van der Waals surface area (Å²) in [6, 6.07) is 10.3. The zero-order chi connectivity index (χ0) is 17.7. The minimum atomic E-state index is -3.11. The Morgan fingerprint density at radius 1 is 1.12 bits per heavy atom. The molecule has 1 rings (SSSR count). The molecule has 8 heteroatoms. The van der Waals surface area contributed by atoms with Gasteiger partial charge in [-0.25, -0.2) is 13.1 Å². The molecule has 24 heavy (non-hydrogen) atoms. The number of guanidine groups is 1. The van der Waals surface area contributed by atoms with Crippen LogP contribution in [0.15, 0.2) is 40.2 Å². The molecule has 1 aromatic carbocycles. The molecule has 6 nitrogen and oxygen atoms in total. The average Bonchev–Trinajstić information content (AvgIpc) is 2.59. The molecule has 0 aliphatic rings. The van der Waals surface area contributed by atoms with E-state index in [2.05, 4.69) is 32.5 Å². The number of hydrogen-bond acceptors (Lipinski definition) is 4. The highest BCUT2D eigenvalue weighted by Gasteiger charge is 2.04. The van der Waals surface area contributed by atoms with Crippen molar-refractivity contribution in [3.05, 3.63) is 30.3 Å². The normalized spacial score (nSPS) is 12.2. The van der Waals surface area contributed by atoms with Gasteiger partial charge in [0, 0.05) is 36.8 Å². The van der Waals surface area contributed by atoms with E-state index in [0.29, 0.717) is 19.5 Å². The van der Waals surface area contributed by atoms with Crippen LogP contribution in [-0.2, 0) is 10.0 Å². The first-order chi connectivity index (χ1) is 11.6. The van der Waals surface area contributed by atoms with Crippen LogP contribution < -0.4 is 15.4 Å². The summed E-state index contributed by atoms with van der Waals surface area (Å²) >= 11 is 1.80. The molecule has 0 atom stereocenters. The van der Waals surface area contributed by atoms with Crippen LogP contribution in [0.5, 0.6) is 0 Å². The highest BCUT2D eigenvalue weighted by molar-refractivity contribution is 7.99. The van der Waals surface area contributed by atoms with Gasteiger partial charge in [0.1, 0.15) is 0 Å². The van der Waals surface area contributed by atoms with Crippen LogP contribution in [0.4, 0.5) is 0 Å². The third kappa shape index (κ3) is 9.79. The zero-order valence-electron chi connectivity index (χ0n) is 14.4. The molecule has 0 aliphatic heterocycles. The van der Waals surface area contributed by atoms with Gasteiger partial charge >= 0.3 is 0 Å². The zero-order valence-corrected chi connectivity index (χ0v) is 16.0. The molecular formula is C16H28N4O2S2. The number of nitrogens with zero attached hydrogens (tertiary/aromatic N) is 1. The number of rotatable bonds is 11. The number of thioether (sulfide) groups is 1. The highest BCUT2D eigenvalue weighted by Crippen LogP contribution is 2.15. The lowest BCUT2D eigenvalue weighted by molar-refractivity contribution is 0.581. The van der Waals surface area contributed by atoms with Crippen molar-refractivity contribution >= 4 is 27.7 Å². The Morgan fingerprint density at radius 3 is 2.54 bits per heavy atom. The lowest BCUT2D eigenvalue weighted by Gasteiger charge is -2.11. The molecule has 1 aromatic rings. The summed E-state index contributed by atoms with van der Waals surface area (Å²) in [5.41, 5.74) is 0. The minimum absolute atomic E-state index is 0.111. The minimum Gasteiger partial charge on any atom is -0.357 e. The van der Waals surface area contributed by atoms with Crippen molar-refractivity contribution in [3.8, 4) is 0 Å². The number of hydrogen-bond donors (Lipinski definition) is 3. The van der Waals surface area contributed by atoms with Gasteiger partial charge in [0.2, 0.25) is 10.0 Å². The molecule has 0 saturated heterocycles. The lowest BCUT2D eigenvalue weighted by Crippen LogP contribution is -2.38. The third-order valence-corrected chi connectivity index (χ3v) is 5.48. The Labute approximate surface area is 150 Å². The molecular weight excluding hydrogens is 344 g/mol. The van der Waals surface area contributed by atoms with Crippen LogP contribution in [0.3, 0.4) is 0 Å². The number of aliphatic imine (C=N–C) groups is 1. The van der Waals surface area contributed by atoms with E-state index in [-0.39, 0.29) is 5.75 Å². The molecule has 0 spiro atoms. The molecule has 0 aliphatic carbocycles. The van der Waals surface area contributed by atoms with Gasteiger partial charge in [0.15, 0.2) is 5.96 Å². The van der Waals surface area contributed by atoms with Crippen LogP contribution in [-0.4, -0.2) is 52.1 Å². The van der Waals surface area contributed by atoms with Crippen LogP contribution >= 0.6 is 11.8 Å². The van der Waals surface area contributed by atoms with Gasteiger partial charge in [-0.2, -0.15) is 0 Å². The Bertz CT molecular complexity index is 577. The molecule has 0 fully saturated rings. The van der Waals surface area contributed by atoms with Gasteiger partial charge in [-0.1, -0.05) is 18.2 Å². The molecule has 136 valence electrons. The predicted octanol–water partition coefficient (Wildman–Crippen LogP) is 1.66. The van der Waals surface area contributed by atoms with Gasteiger partial charge in [0.25, 0.3) is 0 Å². The van der Waals surface area contributed by atoms with Crippen molar-refractivity contribution in [2.75, 3.05) is 37.7 Å². The summed E-state index contributed by atoms with van der Waals surface area (Å²) in [6.07, 6.45) is 0.675. The second kappa shape index (κ2) is 12.2. The molecule has 0 unspecified atom stereocenters. The fourth-order valence-corrected chi connectivity index (χ4v) is 3.25. The summed E-state index contributed by atoms with van der Waals surface area (Å²) in [6.45, 7) is 6.25. The Balaban J connectivity index is 2.24. The standard InChI is InChI=1S/C16H28N4O2S2/c1-3-17-16(18-11-8-12-20-24(21,22)4-2)19-13-14-23-15-9-6-5-7-10-15/h5-7,9-10,20H,3-4,8,11-14H2,1-2H3,(H2,17,18,19). The van der Waals surface area contributed by atoms with E-state index < -0.39 is 10.0 Å². The maximum atomic E-state index is 11.3. The van der Waals surface area contributed by atoms with Crippen molar-refractivity contribution in [1.82, 2.24) is 15.4 Å². The first-order valence-electron chi connectivity index (χ1n) is 8.24. The van der Waals surface area contributed by atoms with Crippen molar-refractivity contribution in [3.63, 3.8) is 0 Å². The van der Waals surface area contributed by atoms with Gasteiger partial charge < -0.3 is 10.6 Å². The van der Waals surface area contributed by atoms with Crippen LogP contribution in [0, 0.1) is 0 Å². The van der Waals surface area contributed by atoms with Gasteiger partial charge in [-0.3, -0.25) is 4.99 Å². The van der Waals surface area contributed by atoms with Crippen molar-refractivity contribution in [1.29, 1.82) is 0 Å². The second-order valence-electron chi connectivity index (χ2n) is 5.00. The van der Waals surface area contributed by atoms with Gasteiger partial charge in [0.05, 0.1) is 5.75 Å². The van der Waals surface area contributed by atoms with Gasteiger partial charge in [-0.05, 0) is 32.4 Å². The van der Waals surface area contributed by atoms with E-state index in [4.69, 9.17) is 0 Å². The molecule has 0 saturated carbocycles. The van der Waals surface area contributed by atoms with Crippen LogP contribution in [0.1, 0.15) is 20.3 Å². The van der Waals surface area contributed by atoms with E-state index in [1.54, 1.807) is 18.7 Å².